The van der Waals surface area contributed by atoms with Crippen LogP contribution in [0.2, 0.25) is 5.02 Å². The van der Waals surface area contributed by atoms with Crippen molar-refractivity contribution < 1.29 is 8.78 Å². The van der Waals surface area contributed by atoms with E-state index in [2.05, 4.69) is 0 Å². The van der Waals surface area contributed by atoms with Crippen molar-refractivity contribution in [3.63, 3.8) is 0 Å². The van der Waals surface area contributed by atoms with Gasteiger partial charge in [0.1, 0.15) is 11.6 Å². The highest BCUT2D eigenvalue weighted by Gasteiger charge is 2.27. The van der Waals surface area contributed by atoms with Crippen molar-refractivity contribution >= 4 is 11.6 Å². The number of rotatable bonds is 3. The molecule has 1 fully saturated rings. The molecule has 2 N–H and O–H groups in total. The monoisotopic (exact) mass is 231 g/mol. The molecule has 0 saturated heterocycles. The Bertz CT molecular complexity index is 377. The summed E-state index contributed by atoms with van der Waals surface area (Å²) in [6.07, 6.45) is 2.85. The molecule has 0 heterocycles. The van der Waals surface area contributed by atoms with E-state index in [0.717, 1.165) is 18.9 Å². The minimum absolute atomic E-state index is 0.0716. The average Bonchev–Trinajstić information content (AvgIpc) is 2.96. The molecular formula is C11H12ClF2N. The molecule has 4 heteroatoms. The summed E-state index contributed by atoms with van der Waals surface area (Å²) in [4.78, 5) is 0. The van der Waals surface area contributed by atoms with E-state index in [4.69, 9.17) is 17.3 Å². The first-order valence-corrected chi connectivity index (χ1v) is 5.36. The van der Waals surface area contributed by atoms with Crippen molar-refractivity contribution in [3.05, 3.63) is 34.4 Å². The van der Waals surface area contributed by atoms with E-state index in [9.17, 15) is 8.78 Å². The molecule has 0 bridgehead atoms. The Kier molecular flexibility index (Phi) is 2.94. The first-order valence-electron chi connectivity index (χ1n) is 4.98. The third-order valence-corrected chi connectivity index (χ3v) is 3.03. The predicted molar refractivity (Wildman–Crippen MR) is 55.6 cm³/mol. The van der Waals surface area contributed by atoms with Gasteiger partial charge in [-0.3, -0.25) is 0 Å². The molecule has 0 aromatic heterocycles. The van der Waals surface area contributed by atoms with Crippen LogP contribution in [0.25, 0.3) is 0 Å². The Morgan fingerprint density at radius 2 is 2.07 bits per heavy atom. The van der Waals surface area contributed by atoms with Crippen LogP contribution in [0.3, 0.4) is 0 Å². The Balaban J connectivity index is 2.27. The van der Waals surface area contributed by atoms with Crippen LogP contribution in [0.5, 0.6) is 0 Å². The van der Waals surface area contributed by atoms with Crippen molar-refractivity contribution in [2.75, 3.05) is 0 Å². The van der Waals surface area contributed by atoms with Gasteiger partial charge in [0.05, 0.1) is 5.02 Å². The molecule has 1 aromatic rings. The maximum atomic E-state index is 13.5. The van der Waals surface area contributed by atoms with Crippen LogP contribution in [0.4, 0.5) is 8.78 Å². The minimum Gasteiger partial charge on any atom is -0.324 e. The van der Waals surface area contributed by atoms with Gasteiger partial charge in [-0.15, -0.1) is 0 Å². The minimum atomic E-state index is -0.718. The van der Waals surface area contributed by atoms with Crippen molar-refractivity contribution in [1.82, 2.24) is 0 Å². The number of hydrogen-bond acceptors (Lipinski definition) is 1. The van der Waals surface area contributed by atoms with Gasteiger partial charge in [0, 0.05) is 11.6 Å². The van der Waals surface area contributed by atoms with Crippen LogP contribution in [0.15, 0.2) is 12.1 Å². The van der Waals surface area contributed by atoms with Crippen LogP contribution in [-0.4, -0.2) is 0 Å². The quantitative estimate of drug-likeness (QED) is 0.793. The molecule has 0 amide bonds. The van der Waals surface area contributed by atoms with Crippen molar-refractivity contribution in [2.24, 2.45) is 11.7 Å². The highest BCUT2D eigenvalue weighted by Crippen LogP contribution is 2.38. The van der Waals surface area contributed by atoms with Crippen molar-refractivity contribution in [2.45, 2.75) is 25.3 Å². The second kappa shape index (κ2) is 4.06. The van der Waals surface area contributed by atoms with E-state index in [1.54, 1.807) is 0 Å². The molecule has 1 aromatic carbocycles. The van der Waals surface area contributed by atoms with Gasteiger partial charge < -0.3 is 5.73 Å². The Morgan fingerprint density at radius 3 is 2.67 bits per heavy atom. The molecule has 0 radical (unpaired) electrons. The summed E-state index contributed by atoms with van der Waals surface area (Å²) < 4.78 is 26.9. The lowest BCUT2D eigenvalue weighted by atomic mass is 10.0. The van der Waals surface area contributed by atoms with E-state index in [1.807, 2.05) is 0 Å². The molecule has 0 aliphatic heterocycles. The van der Waals surface area contributed by atoms with E-state index in [0.29, 0.717) is 12.3 Å². The third-order valence-electron chi connectivity index (χ3n) is 2.73. The van der Waals surface area contributed by atoms with Gasteiger partial charge in [0.2, 0.25) is 0 Å². The lowest BCUT2D eigenvalue weighted by molar-refractivity contribution is 0.499. The second-order valence-electron chi connectivity index (χ2n) is 4.04. The summed E-state index contributed by atoms with van der Waals surface area (Å²) in [5.41, 5.74) is 5.69. The Labute approximate surface area is 92.2 Å². The molecule has 15 heavy (non-hydrogen) atoms. The summed E-state index contributed by atoms with van der Waals surface area (Å²) in [6, 6.07) is 1.78. The summed E-state index contributed by atoms with van der Waals surface area (Å²) in [5, 5.41) is -0.0716. The zero-order valence-corrected chi connectivity index (χ0v) is 8.90. The highest BCUT2D eigenvalue weighted by atomic mass is 35.5. The van der Waals surface area contributed by atoms with Gasteiger partial charge in [-0.2, -0.15) is 0 Å². The van der Waals surface area contributed by atoms with Crippen molar-refractivity contribution in [3.8, 4) is 0 Å². The maximum Gasteiger partial charge on any atom is 0.149 e. The van der Waals surface area contributed by atoms with Gasteiger partial charge in [0.15, 0.2) is 0 Å². The van der Waals surface area contributed by atoms with E-state index >= 15 is 0 Å². The molecule has 0 unspecified atom stereocenters. The molecule has 2 rings (SSSR count). The van der Waals surface area contributed by atoms with Crippen LogP contribution >= 0.6 is 11.6 Å². The van der Waals surface area contributed by atoms with E-state index < -0.39 is 17.7 Å². The fourth-order valence-electron chi connectivity index (χ4n) is 1.71. The Hall–Kier alpha value is -0.670. The molecule has 1 saturated carbocycles. The van der Waals surface area contributed by atoms with Crippen LogP contribution in [-0.2, 0) is 0 Å². The lowest BCUT2D eigenvalue weighted by Crippen LogP contribution is -2.15. The zero-order valence-electron chi connectivity index (χ0n) is 8.14. The first kappa shape index (κ1) is 10.8. The molecule has 82 valence electrons. The summed E-state index contributed by atoms with van der Waals surface area (Å²) >= 11 is 5.58. The van der Waals surface area contributed by atoms with Gasteiger partial charge in [-0.1, -0.05) is 24.4 Å². The van der Waals surface area contributed by atoms with Gasteiger partial charge >= 0.3 is 0 Å². The summed E-state index contributed by atoms with van der Waals surface area (Å²) in [6.45, 7) is 0. The molecule has 0 spiro atoms. The summed E-state index contributed by atoms with van der Waals surface area (Å²) in [7, 11) is 0. The number of halogens is 3. The SMILES string of the molecule is N[C@H](CC1CC1)c1c(F)ccc(Cl)c1F. The number of nitrogens with two attached hydrogens (primary N) is 1. The maximum absolute atomic E-state index is 13.5. The third kappa shape index (κ3) is 2.29. The normalized spacial score (nSPS) is 17.9. The predicted octanol–water partition coefficient (Wildman–Crippen LogP) is 3.42. The van der Waals surface area contributed by atoms with Crippen molar-refractivity contribution in [1.29, 1.82) is 0 Å². The van der Waals surface area contributed by atoms with Gasteiger partial charge in [-0.05, 0) is 24.5 Å². The molecule has 1 aliphatic carbocycles. The van der Waals surface area contributed by atoms with Gasteiger partial charge in [0.25, 0.3) is 0 Å². The number of hydrogen-bond donors (Lipinski definition) is 1. The molecule has 1 atom stereocenters. The van der Waals surface area contributed by atoms with Crippen LogP contribution in [0.1, 0.15) is 30.9 Å². The first-order chi connectivity index (χ1) is 7.09. The van der Waals surface area contributed by atoms with E-state index in [-0.39, 0.29) is 10.6 Å². The topological polar surface area (TPSA) is 26.0 Å². The highest BCUT2D eigenvalue weighted by molar-refractivity contribution is 6.30. The molecular weight excluding hydrogens is 220 g/mol. The number of benzene rings is 1. The van der Waals surface area contributed by atoms with Gasteiger partial charge in [-0.25, -0.2) is 8.78 Å². The largest absolute Gasteiger partial charge is 0.324 e. The fraction of sp³-hybridized carbons (Fsp3) is 0.455. The Morgan fingerprint density at radius 1 is 1.40 bits per heavy atom. The average molecular weight is 232 g/mol. The van der Waals surface area contributed by atoms with Crippen LogP contribution < -0.4 is 5.73 Å². The van der Waals surface area contributed by atoms with Crippen LogP contribution in [0, 0.1) is 17.6 Å². The molecule has 1 nitrogen and oxygen atoms in total. The summed E-state index contributed by atoms with van der Waals surface area (Å²) in [5.74, 6) is -0.798. The zero-order chi connectivity index (χ0) is 11.0. The fourth-order valence-corrected chi connectivity index (χ4v) is 1.88. The standard InChI is InChI=1S/C11H12ClF2N/c12-7-3-4-8(13)10(11(7)14)9(15)5-6-1-2-6/h3-4,6,9H,1-2,5,15H2/t9-/m1/s1. The van der Waals surface area contributed by atoms with E-state index in [1.165, 1.54) is 6.07 Å². The molecule has 1 aliphatic rings. The lowest BCUT2D eigenvalue weighted by Gasteiger charge is -2.14. The smallest absolute Gasteiger partial charge is 0.149 e. The second-order valence-corrected chi connectivity index (χ2v) is 4.45.